The van der Waals surface area contributed by atoms with E-state index < -0.39 is 0 Å². The van der Waals surface area contributed by atoms with E-state index in [1.54, 1.807) is 12.1 Å². The van der Waals surface area contributed by atoms with E-state index >= 15 is 0 Å². The molecule has 0 saturated carbocycles. The molecule has 0 aliphatic carbocycles. The second kappa shape index (κ2) is 5.95. The maximum atomic E-state index is 13.1. The van der Waals surface area contributed by atoms with E-state index in [4.69, 9.17) is 29.6 Å². The van der Waals surface area contributed by atoms with Gasteiger partial charge in [-0.25, -0.2) is 4.39 Å². The molecule has 2 nitrogen and oxygen atoms in total. The maximum Gasteiger partial charge on any atom is 0.141 e. The summed E-state index contributed by atoms with van der Waals surface area (Å²) < 4.78 is 13.1. The summed E-state index contributed by atoms with van der Waals surface area (Å²) in [6.07, 6.45) is 3.31. The third-order valence-electron chi connectivity index (χ3n) is 3.31. The topological polar surface area (TPSA) is 29.3 Å². The zero-order chi connectivity index (χ0) is 13.1. The first-order chi connectivity index (χ1) is 8.58. The van der Waals surface area contributed by atoms with Crippen molar-refractivity contribution in [3.8, 4) is 0 Å². The van der Waals surface area contributed by atoms with Crippen molar-refractivity contribution in [3.63, 3.8) is 0 Å². The molecule has 5 heteroatoms. The summed E-state index contributed by atoms with van der Waals surface area (Å²) >= 11 is 10.9. The Morgan fingerprint density at radius 3 is 2.94 bits per heavy atom. The van der Waals surface area contributed by atoms with Crippen molar-refractivity contribution in [3.05, 3.63) is 34.6 Å². The van der Waals surface area contributed by atoms with Crippen LogP contribution in [0.3, 0.4) is 0 Å². The number of hydrogen-bond acceptors (Lipinski definition) is 2. The van der Waals surface area contributed by atoms with Gasteiger partial charge < -0.3 is 5.73 Å². The molecule has 98 valence electrons. The number of rotatable bonds is 3. The van der Waals surface area contributed by atoms with Gasteiger partial charge in [0.05, 0.1) is 16.1 Å². The smallest absolute Gasteiger partial charge is 0.141 e. The third kappa shape index (κ3) is 3.19. The van der Waals surface area contributed by atoms with Gasteiger partial charge in [0.25, 0.3) is 0 Å². The molecule has 1 aromatic rings. The molecule has 0 aromatic heterocycles. The van der Waals surface area contributed by atoms with E-state index in [-0.39, 0.29) is 16.9 Å². The quantitative estimate of drug-likeness (QED) is 0.866. The monoisotopic (exact) mass is 286 g/mol. The molecule has 1 fully saturated rings. The lowest BCUT2D eigenvalue weighted by Gasteiger charge is -2.35. The van der Waals surface area contributed by atoms with Gasteiger partial charge in [0.1, 0.15) is 5.82 Å². The number of likely N-dealkylation sites (tertiary alicyclic amines) is 1. The molecule has 18 heavy (non-hydrogen) atoms. The lowest BCUT2D eigenvalue weighted by molar-refractivity contribution is 0.184. The second-order valence-electron chi connectivity index (χ2n) is 4.63. The van der Waals surface area contributed by atoms with Gasteiger partial charge in [0.15, 0.2) is 0 Å². The van der Waals surface area contributed by atoms with Crippen LogP contribution in [-0.4, -0.2) is 22.5 Å². The van der Waals surface area contributed by atoms with Crippen LogP contribution in [0.15, 0.2) is 18.2 Å². The molecule has 0 amide bonds. The van der Waals surface area contributed by atoms with E-state index in [1.807, 2.05) is 0 Å². The molecule has 1 aliphatic rings. The van der Waals surface area contributed by atoms with Crippen molar-refractivity contribution in [2.75, 3.05) is 6.54 Å². The van der Waals surface area contributed by atoms with E-state index in [0.29, 0.717) is 11.5 Å². The highest BCUT2D eigenvalue weighted by molar-refractivity contribution is 7.80. The normalized spacial score (nSPS) is 20.9. The van der Waals surface area contributed by atoms with Gasteiger partial charge in [-0.1, -0.05) is 36.3 Å². The number of piperidine rings is 1. The number of halogens is 2. The maximum absolute atomic E-state index is 13.1. The van der Waals surface area contributed by atoms with Crippen molar-refractivity contribution < 1.29 is 4.39 Å². The highest BCUT2D eigenvalue weighted by atomic mass is 35.5. The fraction of sp³-hybridized carbons (Fsp3) is 0.462. The second-order valence-corrected chi connectivity index (χ2v) is 5.51. The Hall–Kier alpha value is -0.710. The van der Waals surface area contributed by atoms with Crippen molar-refractivity contribution >= 4 is 28.8 Å². The van der Waals surface area contributed by atoms with Crippen LogP contribution in [0, 0.1) is 5.82 Å². The summed E-state index contributed by atoms with van der Waals surface area (Å²) in [5.41, 5.74) is 6.76. The molecular formula is C13H16ClFN2S. The third-order valence-corrected chi connectivity index (χ3v) is 3.87. The van der Waals surface area contributed by atoms with Gasteiger partial charge >= 0.3 is 0 Å². The standard InChI is InChI=1S/C13H16ClFN2S/c14-10-7-9(4-5-11(10)15)8-17-6-2-1-3-12(17)13(16)18/h4-5,7,12H,1-3,6,8H2,(H2,16,18). The number of hydrogen-bond donors (Lipinski definition) is 1. The van der Waals surface area contributed by atoms with Crippen molar-refractivity contribution in [2.24, 2.45) is 5.73 Å². The molecule has 2 rings (SSSR count). The zero-order valence-electron chi connectivity index (χ0n) is 10.0. The van der Waals surface area contributed by atoms with Crippen LogP contribution in [0.5, 0.6) is 0 Å². The highest BCUT2D eigenvalue weighted by Crippen LogP contribution is 2.22. The molecule has 0 spiro atoms. The summed E-state index contributed by atoms with van der Waals surface area (Å²) in [7, 11) is 0. The minimum absolute atomic E-state index is 0.151. The van der Waals surface area contributed by atoms with Gasteiger partial charge in [-0.15, -0.1) is 0 Å². The minimum atomic E-state index is -0.384. The number of nitrogens with two attached hydrogens (primary N) is 1. The van der Waals surface area contributed by atoms with E-state index in [9.17, 15) is 4.39 Å². The molecule has 0 bridgehead atoms. The number of thiocarbonyl (C=S) groups is 1. The molecule has 1 aliphatic heterocycles. The Labute approximate surface area is 117 Å². The zero-order valence-corrected chi connectivity index (χ0v) is 11.6. The van der Waals surface area contributed by atoms with Gasteiger partial charge in [0.2, 0.25) is 0 Å². The van der Waals surface area contributed by atoms with Gasteiger partial charge in [-0.05, 0) is 37.1 Å². The highest BCUT2D eigenvalue weighted by Gasteiger charge is 2.24. The van der Waals surface area contributed by atoms with Crippen molar-refractivity contribution in [2.45, 2.75) is 31.8 Å². The minimum Gasteiger partial charge on any atom is -0.392 e. The summed E-state index contributed by atoms with van der Waals surface area (Å²) in [4.78, 5) is 2.79. The Kier molecular flexibility index (Phi) is 4.54. The summed E-state index contributed by atoms with van der Waals surface area (Å²) in [6.45, 7) is 1.68. The van der Waals surface area contributed by atoms with Gasteiger partial charge in [0, 0.05) is 6.54 Å². The fourth-order valence-electron chi connectivity index (χ4n) is 2.37. The largest absolute Gasteiger partial charge is 0.392 e. The Morgan fingerprint density at radius 2 is 2.28 bits per heavy atom. The fourth-order valence-corrected chi connectivity index (χ4v) is 2.85. The van der Waals surface area contributed by atoms with Crippen LogP contribution < -0.4 is 5.73 Å². The van der Waals surface area contributed by atoms with Gasteiger partial charge in [-0.3, -0.25) is 4.90 Å². The van der Waals surface area contributed by atoms with E-state index in [2.05, 4.69) is 4.90 Å². The molecule has 1 saturated heterocycles. The molecule has 1 heterocycles. The Bertz CT molecular complexity index is 453. The molecule has 2 N–H and O–H groups in total. The van der Waals surface area contributed by atoms with Crippen LogP contribution in [0.1, 0.15) is 24.8 Å². The SMILES string of the molecule is NC(=S)C1CCCCN1Cc1ccc(F)c(Cl)c1. The van der Waals surface area contributed by atoms with E-state index in [1.165, 1.54) is 6.07 Å². The lowest BCUT2D eigenvalue weighted by atomic mass is 10.0. The predicted octanol–water partition coefficient (Wildman–Crippen LogP) is 3.12. The van der Waals surface area contributed by atoms with Crippen molar-refractivity contribution in [1.82, 2.24) is 4.90 Å². The summed E-state index contributed by atoms with van der Waals surface area (Å²) in [5, 5.41) is 0.163. The Morgan fingerprint density at radius 1 is 1.50 bits per heavy atom. The number of nitrogens with zero attached hydrogens (tertiary/aromatic N) is 1. The first kappa shape index (κ1) is 13.7. The van der Waals surface area contributed by atoms with Crippen LogP contribution in [0.25, 0.3) is 0 Å². The van der Waals surface area contributed by atoms with Crippen LogP contribution in [0.2, 0.25) is 5.02 Å². The average molecular weight is 287 g/mol. The molecule has 1 unspecified atom stereocenters. The summed E-state index contributed by atoms with van der Waals surface area (Å²) in [5.74, 6) is -0.384. The molecule has 0 radical (unpaired) electrons. The average Bonchev–Trinajstić information content (AvgIpc) is 2.34. The molecule has 1 aromatic carbocycles. The molecular weight excluding hydrogens is 271 g/mol. The Balaban J connectivity index is 2.10. The lowest BCUT2D eigenvalue weighted by Crippen LogP contribution is -2.46. The van der Waals surface area contributed by atoms with Crippen LogP contribution in [-0.2, 0) is 6.54 Å². The van der Waals surface area contributed by atoms with Gasteiger partial charge in [-0.2, -0.15) is 0 Å². The van der Waals surface area contributed by atoms with Crippen LogP contribution in [0.4, 0.5) is 4.39 Å². The molecule has 1 atom stereocenters. The van der Waals surface area contributed by atoms with E-state index in [0.717, 1.165) is 31.4 Å². The summed E-state index contributed by atoms with van der Waals surface area (Å²) in [6, 6.07) is 4.98. The van der Waals surface area contributed by atoms with Crippen LogP contribution >= 0.6 is 23.8 Å². The van der Waals surface area contributed by atoms with Crippen molar-refractivity contribution in [1.29, 1.82) is 0 Å². The predicted molar refractivity (Wildman–Crippen MR) is 76.2 cm³/mol. The first-order valence-corrected chi connectivity index (χ1v) is 6.84. The first-order valence-electron chi connectivity index (χ1n) is 6.05. The number of benzene rings is 1.